The summed E-state index contributed by atoms with van der Waals surface area (Å²) in [4.78, 5) is 14.2. The Morgan fingerprint density at radius 2 is 2.24 bits per heavy atom. The van der Waals surface area contributed by atoms with Gasteiger partial charge in [0.1, 0.15) is 0 Å². The molecule has 0 radical (unpaired) electrons. The van der Waals surface area contributed by atoms with E-state index in [1.165, 1.54) is 15.3 Å². The molecule has 96 valence electrons. The number of carbonyl (C=O) groups excluding carboxylic acids is 1. The molecular weight excluding hydrogens is 232 g/mol. The second-order valence-electron chi connectivity index (χ2n) is 4.42. The van der Waals surface area contributed by atoms with Crippen LogP contribution >= 0.6 is 11.3 Å². The maximum Gasteiger partial charge on any atom is 0.237 e. The molecule has 1 aromatic rings. The van der Waals surface area contributed by atoms with Crippen LogP contribution in [-0.2, 0) is 11.3 Å². The maximum atomic E-state index is 11.7. The van der Waals surface area contributed by atoms with Crippen LogP contribution in [0.4, 0.5) is 0 Å². The smallest absolute Gasteiger partial charge is 0.237 e. The number of nitrogens with two attached hydrogens (primary N) is 1. The first-order valence-corrected chi connectivity index (χ1v) is 6.95. The number of unbranched alkanes of at least 4 members (excludes halogenated alkanes) is 1. The summed E-state index contributed by atoms with van der Waals surface area (Å²) < 4.78 is 0. The molecular formula is C13H22N2OS. The van der Waals surface area contributed by atoms with Crippen LogP contribution in [0.1, 0.15) is 41.5 Å². The van der Waals surface area contributed by atoms with E-state index in [2.05, 4.69) is 32.2 Å². The molecule has 1 heterocycles. The Hall–Kier alpha value is -0.870. The molecule has 17 heavy (non-hydrogen) atoms. The van der Waals surface area contributed by atoms with Crippen LogP contribution in [0, 0.1) is 13.8 Å². The highest BCUT2D eigenvalue weighted by molar-refractivity contribution is 7.12. The predicted molar refractivity (Wildman–Crippen MR) is 73.1 cm³/mol. The minimum atomic E-state index is -0.364. The van der Waals surface area contributed by atoms with Crippen LogP contribution in [0.2, 0.25) is 0 Å². The topological polar surface area (TPSA) is 55.1 Å². The van der Waals surface area contributed by atoms with E-state index in [1.807, 2.05) is 0 Å². The summed E-state index contributed by atoms with van der Waals surface area (Å²) in [5, 5.41) is 2.89. The number of hydrogen-bond acceptors (Lipinski definition) is 3. The number of thiophene rings is 1. The highest BCUT2D eigenvalue weighted by Gasteiger charge is 2.12. The molecule has 0 saturated carbocycles. The average Bonchev–Trinajstić information content (AvgIpc) is 2.62. The molecule has 0 aliphatic heterocycles. The van der Waals surface area contributed by atoms with Crippen LogP contribution in [0.15, 0.2) is 6.07 Å². The number of rotatable bonds is 6. The third kappa shape index (κ3) is 4.48. The molecule has 1 unspecified atom stereocenters. The Kier molecular flexibility index (Phi) is 5.65. The molecule has 3 N–H and O–H groups in total. The Labute approximate surface area is 107 Å². The SMILES string of the molecule is CCCCC(N)C(=O)NCc1cc(C)c(C)s1. The van der Waals surface area contributed by atoms with E-state index < -0.39 is 0 Å². The van der Waals surface area contributed by atoms with Crippen LogP contribution in [0.3, 0.4) is 0 Å². The first-order valence-electron chi connectivity index (χ1n) is 6.13. The van der Waals surface area contributed by atoms with Crippen LogP contribution in [0.5, 0.6) is 0 Å². The largest absolute Gasteiger partial charge is 0.350 e. The summed E-state index contributed by atoms with van der Waals surface area (Å²) in [6.45, 7) is 6.88. The van der Waals surface area contributed by atoms with Crippen molar-refractivity contribution < 1.29 is 4.79 Å². The first-order chi connectivity index (χ1) is 8.04. The highest BCUT2D eigenvalue weighted by atomic mass is 32.1. The van der Waals surface area contributed by atoms with Gasteiger partial charge < -0.3 is 11.1 Å². The van der Waals surface area contributed by atoms with E-state index in [-0.39, 0.29) is 11.9 Å². The number of carbonyl (C=O) groups is 1. The molecule has 1 rings (SSSR count). The maximum absolute atomic E-state index is 11.7. The van der Waals surface area contributed by atoms with Gasteiger partial charge in [-0.25, -0.2) is 0 Å². The van der Waals surface area contributed by atoms with Crippen molar-refractivity contribution in [3.05, 3.63) is 21.4 Å². The van der Waals surface area contributed by atoms with Gasteiger partial charge in [0, 0.05) is 9.75 Å². The van der Waals surface area contributed by atoms with Gasteiger partial charge in [-0.05, 0) is 31.9 Å². The van der Waals surface area contributed by atoms with Crippen molar-refractivity contribution in [2.24, 2.45) is 5.73 Å². The van der Waals surface area contributed by atoms with Crippen molar-refractivity contribution in [1.29, 1.82) is 0 Å². The van der Waals surface area contributed by atoms with Gasteiger partial charge in [-0.3, -0.25) is 4.79 Å². The lowest BCUT2D eigenvalue weighted by atomic mass is 10.1. The minimum absolute atomic E-state index is 0.0397. The fraction of sp³-hybridized carbons (Fsp3) is 0.615. The second kappa shape index (κ2) is 6.77. The van der Waals surface area contributed by atoms with Crippen molar-refractivity contribution in [1.82, 2.24) is 5.32 Å². The average molecular weight is 254 g/mol. The third-order valence-electron chi connectivity index (χ3n) is 2.86. The van der Waals surface area contributed by atoms with E-state index in [9.17, 15) is 4.79 Å². The summed E-state index contributed by atoms with van der Waals surface area (Å²) in [6, 6.07) is 1.76. The van der Waals surface area contributed by atoms with Gasteiger partial charge in [0.2, 0.25) is 5.91 Å². The van der Waals surface area contributed by atoms with Crippen LogP contribution < -0.4 is 11.1 Å². The van der Waals surface area contributed by atoms with E-state index in [1.54, 1.807) is 11.3 Å². The summed E-state index contributed by atoms with van der Waals surface area (Å²) in [5.74, 6) is -0.0397. The second-order valence-corrected chi connectivity index (χ2v) is 5.76. The molecule has 0 spiro atoms. The fourth-order valence-corrected chi connectivity index (χ4v) is 2.59. The highest BCUT2D eigenvalue weighted by Crippen LogP contribution is 2.20. The van der Waals surface area contributed by atoms with Crippen molar-refractivity contribution >= 4 is 17.2 Å². The van der Waals surface area contributed by atoms with Crippen molar-refractivity contribution in [2.45, 2.75) is 52.6 Å². The molecule has 0 fully saturated rings. The van der Waals surface area contributed by atoms with Crippen LogP contribution in [0.25, 0.3) is 0 Å². The molecule has 1 amide bonds. The minimum Gasteiger partial charge on any atom is -0.350 e. The molecule has 4 heteroatoms. The molecule has 1 aromatic heterocycles. The van der Waals surface area contributed by atoms with Gasteiger partial charge in [0.15, 0.2) is 0 Å². The summed E-state index contributed by atoms with van der Waals surface area (Å²) in [5.41, 5.74) is 7.08. The lowest BCUT2D eigenvalue weighted by Gasteiger charge is -2.10. The molecule has 0 aliphatic rings. The molecule has 0 aromatic carbocycles. The zero-order valence-electron chi connectivity index (χ0n) is 10.9. The van der Waals surface area contributed by atoms with Gasteiger partial charge in [0.05, 0.1) is 12.6 Å². The lowest BCUT2D eigenvalue weighted by Crippen LogP contribution is -2.40. The van der Waals surface area contributed by atoms with E-state index >= 15 is 0 Å². The lowest BCUT2D eigenvalue weighted by molar-refractivity contribution is -0.122. The Morgan fingerprint density at radius 3 is 2.76 bits per heavy atom. The van der Waals surface area contributed by atoms with Gasteiger partial charge >= 0.3 is 0 Å². The fourth-order valence-electron chi connectivity index (χ4n) is 1.60. The number of hydrogen-bond donors (Lipinski definition) is 2. The first kappa shape index (κ1) is 14.2. The molecule has 0 aliphatic carbocycles. The molecule has 0 saturated heterocycles. The molecule has 1 atom stereocenters. The van der Waals surface area contributed by atoms with E-state index in [4.69, 9.17) is 5.73 Å². The molecule has 3 nitrogen and oxygen atoms in total. The number of aryl methyl sites for hydroxylation is 2. The van der Waals surface area contributed by atoms with E-state index in [0.29, 0.717) is 6.54 Å². The quantitative estimate of drug-likeness (QED) is 0.819. The molecule has 0 bridgehead atoms. The van der Waals surface area contributed by atoms with Gasteiger partial charge in [-0.2, -0.15) is 0 Å². The monoisotopic (exact) mass is 254 g/mol. The predicted octanol–water partition coefficient (Wildman–Crippen LogP) is 2.50. The van der Waals surface area contributed by atoms with Crippen molar-refractivity contribution in [2.75, 3.05) is 0 Å². The van der Waals surface area contributed by atoms with Crippen molar-refractivity contribution in [3.8, 4) is 0 Å². The Balaban J connectivity index is 2.37. The summed E-state index contributed by atoms with van der Waals surface area (Å²) >= 11 is 1.73. The van der Waals surface area contributed by atoms with Crippen molar-refractivity contribution in [3.63, 3.8) is 0 Å². The number of amides is 1. The normalized spacial score (nSPS) is 12.5. The van der Waals surface area contributed by atoms with Gasteiger partial charge in [-0.15, -0.1) is 11.3 Å². The van der Waals surface area contributed by atoms with Crippen LogP contribution in [-0.4, -0.2) is 11.9 Å². The zero-order chi connectivity index (χ0) is 12.8. The Bertz CT molecular complexity index is 354. The third-order valence-corrected chi connectivity index (χ3v) is 4.01. The summed E-state index contributed by atoms with van der Waals surface area (Å²) in [6.07, 6.45) is 2.85. The number of nitrogens with one attached hydrogen (secondary N) is 1. The standard InChI is InChI=1S/C13H22N2OS/c1-4-5-6-12(14)13(16)15-8-11-7-9(2)10(3)17-11/h7,12H,4-6,8,14H2,1-3H3,(H,15,16). The van der Waals surface area contributed by atoms with Gasteiger partial charge in [0.25, 0.3) is 0 Å². The van der Waals surface area contributed by atoms with E-state index in [0.717, 1.165) is 19.3 Å². The Morgan fingerprint density at radius 1 is 1.53 bits per heavy atom. The van der Waals surface area contributed by atoms with Gasteiger partial charge in [-0.1, -0.05) is 19.8 Å². The zero-order valence-corrected chi connectivity index (χ0v) is 11.7. The summed E-state index contributed by atoms with van der Waals surface area (Å²) in [7, 11) is 0.